The molecule has 2 rings (SSSR count). The van der Waals surface area contributed by atoms with E-state index in [4.69, 9.17) is 0 Å². The van der Waals surface area contributed by atoms with E-state index in [9.17, 15) is 20.4 Å². The highest BCUT2D eigenvalue weighted by Crippen LogP contribution is 2.36. The smallest absolute Gasteiger partial charge is 0.157 e. The summed E-state index contributed by atoms with van der Waals surface area (Å²) in [5.41, 5.74) is 1.65. The summed E-state index contributed by atoms with van der Waals surface area (Å²) < 4.78 is 0.675. The van der Waals surface area contributed by atoms with E-state index in [2.05, 4.69) is 0 Å². The summed E-state index contributed by atoms with van der Waals surface area (Å²) in [6, 6.07) is 9.46. The van der Waals surface area contributed by atoms with Gasteiger partial charge in [-0.3, -0.25) is 0 Å². The molecule has 22 heavy (non-hydrogen) atoms. The molecular formula is C17H22NO4+. The van der Waals surface area contributed by atoms with Gasteiger partial charge >= 0.3 is 0 Å². The van der Waals surface area contributed by atoms with E-state index in [1.165, 1.54) is 24.3 Å². The van der Waals surface area contributed by atoms with Crippen LogP contribution in [0.2, 0.25) is 0 Å². The lowest BCUT2D eigenvalue weighted by molar-refractivity contribution is -0.871. The standard InChI is InChI=1S/C17H21NO4/c1-18(2,3)10-13(11-4-6-14(19)16(21)8-11)12-5-7-15(20)17(22)9-12/h4-9,13H,10H2,1-3H3,(H3-,19,20,21,22)/p+1. The van der Waals surface area contributed by atoms with Crippen LogP contribution in [0.1, 0.15) is 17.0 Å². The summed E-state index contributed by atoms with van der Waals surface area (Å²) in [7, 11) is 6.15. The molecule has 0 saturated heterocycles. The fraction of sp³-hybridized carbons (Fsp3) is 0.294. The fourth-order valence-electron chi connectivity index (χ4n) is 2.47. The zero-order valence-electron chi connectivity index (χ0n) is 13.0. The van der Waals surface area contributed by atoms with Crippen molar-refractivity contribution in [1.82, 2.24) is 0 Å². The summed E-state index contributed by atoms with van der Waals surface area (Å²) in [4.78, 5) is 0. The van der Waals surface area contributed by atoms with Gasteiger partial charge in [-0.1, -0.05) is 12.1 Å². The molecule has 4 N–H and O–H groups in total. The van der Waals surface area contributed by atoms with E-state index < -0.39 is 0 Å². The van der Waals surface area contributed by atoms with Crippen LogP contribution in [-0.2, 0) is 0 Å². The van der Waals surface area contributed by atoms with Crippen molar-refractivity contribution >= 4 is 0 Å². The third kappa shape index (κ3) is 3.62. The van der Waals surface area contributed by atoms with Gasteiger partial charge in [0.15, 0.2) is 23.0 Å². The van der Waals surface area contributed by atoms with Gasteiger partial charge in [0, 0.05) is 0 Å². The van der Waals surface area contributed by atoms with Gasteiger partial charge < -0.3 is 24.9 Å². The molecule has 0 heterocycles. The topological polar surface area (TPSA) is 80.9 Å². The number of hydrogen-bond donors (Lipinski definition) is 4. The van der Waals surface area contributed by atoms with Crippen LogP contribution < -0.4 is 0 Å². The normalized spacial score (nSPS) is 11.8. The molecule has 0 aliphatic carbocycles. The first-order valence-corrected chi connectivity index (χ1v) is 7.01. The Morgan fingerprint density at radius 2 is 1.14 bits per heavy atom. The molecule has 0 unspecified atom stereocenters. The zero-order chi connectivity index (χ0) is 16.5. The number of quaternary nitrogens is 1. The molecule has 5 heteroatoms. The van der Waals surface area contributed by atoms with Crippen LogP contribution in [0, 0.1) is 0 Å². The molecule has 2 aromatic rings. The van der Waals surface area contributed by atoms with Crippen LogP contribution >= 0.6 is 0 Å². The molecule has 0 aliphatic rings. The molecule has 5 nitrogen and oxygen atoms in total. The van der Waals surface area contributed by atoms with Gasteiger partial charge in [0.05, 0.1) is 33.6 Å². The maximum atomic E-state index is 9.75. The molecule has 0 radical (unpaired) electrons. The predicted molar refractivity (Wildman–Crippen MR) is 84.3 cm³/mol. The minimum Gasteiger partial charge on any atom is -0.504 e. The second-order valence-corrected chi connectivity index (χ2v) is 6.52. The number of aromatic hydroxyl groups is 4. The third-order valence-electron chi connectivity index (χ3n) is 3.53. The van der Waals surface area contributed by atoms with Crippen molar-refractivity contribution in [2.45, 2.75) is 5.92 Å². The van der Waals surface area contributed by atoms with Crippen LogP contribution in [-0.4, -0.2) is 52.6 Å². The number of phenols is 4. The highest BCUT2D eigenvalue weighted by molar-refractivity contribution is 5.47. The van der Waals surface area contributed by atoms with Gasteiger partial charge in [0.25, 0.3) is 0 Å². The second-order valence-electron chi connectivity index (χ2n) is 6.52. The number of hydrogen-bond acceptors (Lipinski definition) is 4. The highest BCUT2D eigenvalue weighted by atomic mass is 16.3. The Morgan fingerprint density at radius 3 is 1.45 bits per heavy atom. The lowest BCUT2D eigenvalue weighted by Gasteiger charge is -2.30. The van der Waals surface area contributed by atoms with Gasteiger partial charge in [-0.15, -0.1) is 0 Å². The van der Waals surface area contributed by atoms with E-state index in [-0.39, 0.29) is 28.9 Å². The summed E-state index contributed by atoms with van der Waals surface area (Å²) in [5.74, 6) is -0.778. The summed E-state index contributed by atoms with van der Waals surface area (Å²) in [6.45, 7) is 0.717. The highest BCUT2D eigenvalue weighted by Gasteiger charge is 2.23. The van der Waals surface area contributed by atoms with Crippen LogP contribution in [0.3, 0.4) is 0 Å². The number of phenolic OH excluding ortho intramolecular Hbond substituents is 4. The molecule has 0 atom stereocenters. The van der Waals surface area contributed by atoms with E-state index in [0.29, 0.717) is 11.0 Å². The maximum Gasteiger partial charge on any atom is 0.157 e. The van der Waals surface area contributed by atoms with Gasteiger partial charge in [-0.25, -0.2) is 0 Å². The van der Waals surface area contributed by atoms with Crippen LogP contribution in [0.25, 0.3) is 0 Å². The largest absolute Gasteiger partial charge is 0.504 e. The van der Waals surface area contributed by atoms with Crippen molar-refractivity contribution in [2.75, 3.05) is 27.7 Å². The molecule has 0 bridgehead atoms. The fourth-order valence-corrected chi connectivity index (χ4v) is 2.47. The summed E-state index contributed by atoms with van der Waals surface area (Å²) in [5, 5.41) is 38.5. The Morgan fingerprint density at radius 1 is 0.727 bits per heavy atom. The lowest BCUT2D eigenvalue weighted by Crippen LogP contribution is -2.38. The third-order valence-corrected chi connectivity index (χ3v) is 3.53. The quantitative estimate of drug-likeness (QED) is 0.516. The van der Waals surface area contributed by atoms with E-state index in [1.54, 1.807) is 12.1 Å². The van der Waals surface area contributed by atoms with E-state index in [1.807, 2.05) is 21.1 Å². The first-order chi connectivity index (χ1) is 10.2. The molecule has 118 valence electrons. The van der Waals surface area contributed by atoms with E-state index in [0.717, 1.165) is 11.1 Å². The van der Waals surface area contributed by atoms with Crippen LogP contribution in [0.5, 0.6) is 23.0 Å². The average Bonchev–Trinajstić information content (AvgIpc) is 2.41. The minimum atomic E-state index is -0.174. The molecule has 0 aromatic heterocycles. The Labute approximate surface area is 129 Å². The Hall–Kier alpha value is -2.40. The number of benzene rings is 2. The van der Waals surface area contributed by atoms with Crippen molar-refractivity contribution in [3.05, 3.63) is 47.5 Å². The summed E-state index contributed by atoms with van der Waals surface area (Å²) in [6.07, 6.45) is 0. The Balaban J connectivity index is 2.50. The molecule has 0 fully saturated rings. The van der Waals surface area contributed by atoms with Crippen molar-refractivity contribution in [2.24, 2.45) is 0 Å². The monoisotopic (exact) mass is 304 g/mol. The lowest BCUT2D eigenvalue weighted by atomic mass is 9.90. The van der Waals surface area contributed by atoms with Gasteiger partial charge in [-0.05, 0) is 35.4 Å². The van der Waals surface area contributed by atoms with Crippen molar-refractivity contribution in [3.63, 3.8) is 0 Å². The second kappa shape index (κ2) is 5.77. The minimum absolute atomic E-state index is 0.0991. The van der Waals surface area contributed by atoms with Crippen LogP contribution in [0.15, 0.2) is 36.4 Å². The zero-order valence-corrected chi connectivity index (χ0v) is 13.0. The average molecular weight is 304 g/mol. The van der Waals surface area contributed by atoms with E-state index >= 15 is 0 Å². The molecule has 0 saturated carbocycles. The number of nitrogens with zero attached hydrogens (tertiary/aromatic N) is 1. The van der Waals surface area contributed by atoms with Crippen molar-refractivity contribution in [3.8, 4) is 23.0 Å². The van der Waals surface area contributed by atoms with Gasteiger partial charge in [0.2, 0.25) is 0 Å². The van der Waals surface area contributed by atoms with Gasteiger partial charge in [0.1, 0.15) is 0 Å². The molecule has 0 amide bonds. The predicted octanol–water partition coefficient (Wildman–Crippen LogP) is 2.35. The summed E-state index contributed by atoms with van der Waals surface area (Å²) >= 11 is 0. The maximum absolute atomic E-state index is 9.75. The number of likely N-dealkylation sites (N-methyl/N-ethyl adjacent to an activating group) is 1. The Kier molecular flexibility index (Phi) is 4.19. The Bertz CT molecular complexity index is 625. The first-order valence-electron chi connectivity index (χ1n) is 7.01. The SMILES string of the molecule is C[N+](C)(C)CC(c1ccc(O)c(O)c1)c1ccc(O)c(O)c1. The van der Waals surface area contributed by atoms with Crippen LogP contribution in [0.4, 0.5) is 0 Å². The van der Waals surface area contributed by atoms with Gasteiger partial charge in [-0.2, -0.15) is 0 Å². The molecule has 0 aliphatic heterocycles. The first kappa shape index (κ1) is 16.0. The molecular weight excluding hydrogens is 282 g/mol. The molecule has 0 spiro atoms. The number of rotatable bonds is 4. The van der Waals surface area contributed by atoms with Crippen molar-refractivity contribution < 1.29 is 24.9 Å². The van der Waals surface area contributed by atoms with Crippen molar-refractivity contribution in [1.29, 1.82) is 0 Å². The molecule has 2 aromatic carbocycles.